The van der Waals surface area contributed by atoms with E-state index in [0.29, 0.717) is 10.7 Å². The summed E-state index contributed by atoms with van der Waals surface area (Å²) >= 11 is 2.89. The Hall–Kier alpha value is -2.58. The number of aryl methyl sites for hydroxylation is 1. The zero-order valence-corrected chi connectivity index (χ0v) is 18.0. The van der Waals surface area contributed by atoms with Gasteiger partial charge in [-0.15, -0.1) is 11.3 Å². The Morgan fingerprint density at radius 3 is 2.54 bits per heavy atom. The number of Topliss-reactive ketones (excluding diaryl/α,β-unsaturated/α-hetero) is 1. The van der Waals surface area contributed by atoms with E-state index in [1.807, 2.05) is 51.3 Å². The van der Waals surface area contributed by atoms with Crippen molar-refractivity contribution in [2.75, 3.05) is 10.6 Å². The highest BCUT2D eigenvalue weighted by molar-refractivity contribution is 7.20. The van der Waals surface area contributed by atoms with Crippen LogP contribution in [0.3, 0.4) is 0 Å². The van der Waals surface area contributed by atoms with E-state index < -0.39 is 5.41 Å². The predicted molar refractivity (Wildman–Crippen MR) is 116 cm³/mol. The van der Waals surface area contributed by atoms with Gasteiger partial charge in [-0.05, 0) is 26.0 Å². The fourth-order valence-electron chi connectivity index (χ4n) is 2.35. The molecule has 0 saturated carbocycles. The van der Waals surface area contributed by atoms with Crippen LogP contribution >= 0.6 is 22.7 Å². The molecule has 3 aromatic rings. The molecule has 0 aliphatic heterocycles. The smallest absolute Gasteiger partial charge is 0.231 e. The highest BCUT2D eigenvalue weighted by Crippen LogP contribution is 2.35. The number of carbonyl (C=O) groups excluding carboxylic acids is 2. The fraction of sp³-hybridized carbons (Fsp3) is 0.300. The van der Waals surface area contributed by atoms with Gasteiger partial charge in [-0.2, -0.15) is 0 Å². The molecule has 0 aliphatic rings. The number of ketones is 1. The van der Waals surface area contributed by atoms with Gasteiger partial charge < -0.3 is 10.6 Å². The largest absolute Gasteiger partial charge is 0.332 e. The molecule has 2 N–H and O–H groups in total. The van der Waals surface area contributed by atoms with E-state index >= 15 is 0 Å². The maximum atomic E-state index is 12.2. The number of nitrogens with zero attached hydrogens (tertiary/aromatic N) is 2. The average Bonchev–Trinajstić information content (AvgIpc) is 3.20. The summed E-state index contributed by atoms with van der Waals surface area (Å²) in [5.41, 5.74) is 2.62. The number of aromatic nitrogens is 2. The van der Waals surface area contributed by atoms with E-state index in [0.717, 1.165) is 27.1 Å². The van der Waals surface area contributed by atoms with Gasteiger partial charge >= 0.3 is 0 Å². The molecule has 0 fully saturated rings. The monoisotopic (exact) mass is 414 g/mol. The van der Waals surface area contributed by atoms with Crippen LogP contribution in [0.2, 0.25) is 0 Å². The first-order chi connectivity index (χ1) is 13.1. The third kappa shape index (κ3) is 4.63. The summed E-state index contributed by atoms with van der Waals surface area (Å²) in [5.74, 6) is -0.0487. The second kappa shape index (κ2) is 7.81. The molecule has 1 aromatic carbocycles. The van der Waals surface area contributed by atoms with Crippen molar-refractivity contribution in [3.05, 3.63) is 40.9 Å². The van der Waals surface area contributed by atoms with Crippen LogP contribution in [0.15, 0.2) is 29.6 Å². The van der Waals surface area contributed by atoms with Gasteiger partial charge in [0.1, 0.15) is 0 Å². The minimum Gasteiger partial charge on any atom is -0.332 e. The van der Waals surface area contributed by atoms with E-state index in [2.05, 4.69) is 20.6 Å². The van der Waals surface area contributed by atoms with E-state index in [1.54, 1.807) is 13.0 Å². The number of hydrogen-bond donors (Lipinski definition) is 2. The summed E-state index contributed by atoms with van der Waals surface area (Å²) in [5, 5.41) is 9.36. The van der Waals surface area contributed by atoms with Crippen molar-refractivity contribution >= 4 is 50.3 Å². The SMILES string of the molecule is CC(=O)c1cccc(Nc2nc(-c3sc(NC(=O)C(C)(C)C)nc3C)cs2)c1. The van der Waals surface area contributed by atoms with Crippen LogP contribution in [0.25, 0.3) is 10.6 Å². The van der Waals surface area contributed by atoms with E-state index in [4.69, 9.17) is 0 Å². The highest BCUT2D eigenvalue weighted by atomic mass is 32.1. The van der Waals surface area contributed by atoms with Crippen molar-refractivity contribution in [1.82, 2.24) is 9.97 Å². The van der Waals surface area contributed by atoms with Gasteiger partial charge in [0.05, 0.1) is 16.3 Å². The van der Waals surface area contributed by atoms with E-state index in [9.17, 15) is 9.59 Å². The fourth-order valence-corrected chi connectivity index (χ4v) is 4.07. The summed E-state index contributed by atoms with van der Waals surface area (Å²) in [7, 11) is 0. The van der Waals surface area contributed by atoms with E-state index in [-0.39, 0.29) is 11.7 Å². The molecule has 3 rings (SSSR count). The van der Waals surface area contributed by atoms with Gasteiger partial charge in [0.15, 0.2) is 16.0 Å². The molecule has 8 heteroatoms. The molecule has 0 aliphatic carbocycles. The van der Waals surface area contributed by atoms with Crippen molar-refractivity contribution < 1.29 is 9.59 Å². The van der Waals surface area contributed by atoms with Crippen LogP contribution in [0.5, 0.6) is 0 Å². The van der Waals surface area contributed by atoms with Crippen LogP contribution in [-0.2, 0) is 4.79 Å². The molecule has 0 bridgehead atoms. The topological polar surface area (TPSA) is 84.0 Å². The second-order valence-electron chi connectivity index (χ2n) is 7.44. The standard InChI is InChI=1S/C20H22N4O2S2/c1-11-16(28-19(21-11)24-17(26)20(3,4)5)15-10-27-18(23-15)22-14-8-6-7-13(9-14)12(2)25/h6-10H,1-5H3,(H,22,23)(H,21,24,26). The Morgan fingerprint density at radius 1 is 1.11 bits per heavy atom. The number of hydrogen-bond acceptors (Lipinski definition) is 7. The Balaban J connectivity index is 1.78. The molecule has 2 heterocycles. The molecular weight excluding hydrogens is 392 g/mol. The van der Waals surface area contributed by atoms with Crippen LogP contribution in [0, 0.1) is 12.3 Å². The summed E-state index contributed by atoms with van der Waals surface area (Å²) in [6, 6.07) is 7.33. The molecule has 6 nitrogen and oxygen atoms in total. The zero-order chi connectivity index (χ0) is 20.5. The molecule has 0 atom stereocenters. The van der Waals surface area contributed by atoms with Gasteiger partial charge in [-0.25, -0.2) is 9.97 Å². The Kier molecular flexibility index (Phi) is 5.62. The van der Waals surface area contributed by atoms with Crippen LogP contribution in [0.1, 0.15) is 43.7 Å². The lowest BCUT2D eigenvalue weighted by Crippen LogP contribution is -2.27. The maximum Gasteiger partial charge on any atom is 0.231 e. The molecular formula is C20H22N4O2S2. The average molecular weight is 415 g/mol. The number of anilines is 3. The molecule has 28 heavy (non-hydrogen) atoms. The first-order valence-corrected chi connectivity index (χ1v) is 10.5. The van der Waals surface area contributed by atoms with Gasteiger partial charge in [-0.1, -0.05) is 44.2 Å². The van der Waals surface area contributed by atoms with Gasteiger partial charge in [0, 0.05) is 22.0 Å². The lowest BCUT2D eigenvalue weighted by atomic mass is 9.96. The lowest BCUT2D eigenvalue weighted by molar-refractivity contribution is -0.123. The minimum atomic E-state index is -0.480. The Morgan fingerprint density at radius 2 is 1.86 bits per heavy atom. The van der Waals surface area contributed by atoms with E-state index in [1.165, 1.54) is 22.7 Å². The van der Waals surface area contributed by atoms with Crippen LogP contribution in [-0.4, -0.2) is 21.7 Å². The number of thiazole rings is 2. The molecule has 0 spiro atoms. The number of benzene rings is 1. The van der Waals surface area contributed by atoms with Crippen molar-refractivity contribution in [2.45, 2.75) is 34.6 Å². The molecule has 0 saturated heterocycles. The number of carbonyl (C=O) groups is 2. The summed E-state index contributed by atoms with van der Waals surface area (Å²) in [4.78, 5) is 33.7. The molecule has 2 aromatic heterocycles. The third-order valence-electron chi connectivity index (χ3n) is 3.96. The Labute approximate surface area is 172 Å². The van der Waals surface area contributed by atoms with Crippen LogP contribution < -0.4 is 10.6 Å². The van der Waals surface area contributed by atoms with Gasteiger partial charge in [0.2, 0.25) is 5.91 Å². The van der Waals surface area contributed by atoms with Gasteiger partial charge in [0.25, 0.3) is 0 Å². The summed E-state index contributed by atoms with van der Waals surface area (Å²) in [6.07, 6.45) is 0. The first kappa shape index (κ1) is 20.2. The second-order valence-corrected chi connectivity index (χ2v) is 9.29. The predicted octanol–water partition coefficient (Wildman–Crippen LogP) is 5.51. The van der Waals surface area contributed by atoms with Crippen molar-refractivity contribution in [2.24, 2.45) is 5.41 Å². The Bertz CT molecular complexity index is 1030. The van der Waals surface area contributed by atoms with Crippen LogP contribution in [0.4, 0.5) is 16.0 Å². The number of nitrogens with one attached hydrogen (secondary N) is 2. The maximum absolute atomic E-state index is 12.2. The third-order valence-corrected chi connectivity index (χ3v) is 5.81. The van der Waals surface area contributed by atoms with Crippen molar-refractivity contribution in [3.8, 4) is 10.6 Å². The normalized spacial score (nSPS) is 11.3. The van der Waals surface area contributed by atoms with Gasteiger partial charge in [-0.3, -0.25) is 9.59 Å². The minimum absolute atomic E-state index is 0.0218. The molecule has 0 radical (unpaired) electrons. The number of amides is 1. The quantitative estimate of drug-likeness (QED) is 0.538. The summed E-state index contributed by atoms with van der Waals surface area (Å²) < 4.78 is 0. The van der Waals surface area contributed by atoms with Crippen molar-refractivity contribution in [1.29, 1.82) is 0 Å². The van der Waals surface area contributed by atoms with Crippen molar-refractivity contribution in [3.63, 3.8) is 0 Å². The summed E-state index contributed by atoms with van der Waals surface area (Å²) in [6.45, 7) is 9.04. The molecule has 0 unspecified atom stereocenters. The highest BCUT2D eigenvalue weighted by Gasteiger charge is 2.23. The molecule has 1 amide bonds. The lowest BCUT2D eigenvalue weighted by Gasteiger charge is -2.15. The first-order valence-electron chi connectivity index (χ1n) is 8.76. The zero-order valence-electron chi connectivity index (χ0n) is 16.4. The molecule has 146 valence electrons. The number of rotatable bonds is 5.